The average Bonchev–Trinajstić information content (AvgIpc) is 2.98. The summed E-state index contributed by atoms with van der Waals surface area (Å²) < 4.78 is 8.06. The fourth-order valence-corrected chi connectivity index (χ4v) is 4.20. The molecule has 1 aliphatic rings. The number of carbonyl (C=O) groups excluding carboxylic acids is 1. The van der Waals surface area contributed by atoms with Crippen molar-refractivity contribution in [2.75, 3.05) is 7.05 Å². The number of benzene rings is 1. The van der Waals surface area contributed by atoms with E-state index in [9.17, 15) is 4.79 Å². The van der Waals surface area contributed by atoms with Crippen LogP contribution in [0.2, 0.25) is 0 Å². The maximum absolute atomic E-state index is 13.2. The van der Waals surface area contributed by atoms with Crippen LogP contribution in [-0.4, -0.2) is 33.3 Å². The molecule has 2 aromatic heterocycles. The Hall–Kier alpha value is -2.82. The highest BCUT2D eigenvalue weighted by molar-refractivity contribution is 5.97. The van der Waals surface area contributed by atoms with Crippen LogP contribution in [-0.2, 0) is 6.61 Å². The largest absolute Gasteiger partial charge is 0.486 e. The van der Waals surface area contributed by atoms with Gasteiger partial charge in [-0.05, 0) is 43.5 Å². The number of fused-ring (bicyclic) bond motifs is 1. The molecular formula is C24H29N3O2. The first-order chi connectivity index (χ1) is 14.1. The smallest absolute Gasteiger partial charge is 0.257 e. The molecule has 0 bridgehead atoms. The first kappa shape index (κ1) is 19.5. The molecule has 0 radical (unpaired) electrons. The number of aryl methyl sites for hydroxylation is 1. The van der Waals surface area contributed by atoms with Gasteiger partial charge in [-0.25, -0.2) is 4.98 Å². The van der Waals surface area contributed by atoms with Crippen molar-refractivity contribution in [1.82, 2.24) is 14.3 Å². The fourth-order valence-electron chi connectivity index (χ4n) is 4.20. The van der Waals surface area contributed by atoms with Crippen LogP contribution in [0, 0.1) is 6.92 Å². The number of rotatable bonds is 5. The van der Waals surface area contributed by atoms with Crippen molar-refractivity contribution in [3.05, 3.63) is 65.6 Å². The Morgan fingerprint density at radius 1 is 1.14 bits per heavy atom. The summed E-state index contributed by atoms with van der Waals surface area (Å²) in [6.45, 7) is 2.38. The molecule has 0 atom stereocenters. The summed E-state index contributed by atoms with van der Waals surface area (Å²) in [6.07, 6.45) is 11.1. The van der Waals surface area contributed by atoms with Gasteiger partial charge in [-0.2, -0.15) is 0 Å². The van der Waals surface area contributed by atoms with E-state index in [0.29, 0.717) is 24.0 Å². The second kappa shape index (κ2) is 8.68. The molecule has 4 rings (SSSR count). The molecule has 29 heavy (non-hydrogen) atoms. The van der Waals surface area contributed by atoms with Gasteiger partial charge in [-0.3, -0.25) is 4.79 Å². The molecule has 1 saturated carbocycles. The number of amides is 1. The maximum atomic E-state index is 13.2. The van der Waals surface area contributed by atoms with E-state index in [0.717, 1.165) is 29.7 Å². The average molecular weight is 392 g/mol. The maximum Gasteiger partial charge on any atom is 0.257 e. The quantitative estimate of drug-likeness (QED) is 0.574. The van der Waals surface area contributed by atoms with Gasteiger partial charge in [0.15, 0.2) is 0 Å². The number of hydrogen-bond acceptors (Lipinski definition) is 3. The van der Waals surface area contributed by atoms with Crippen LogP contribution >= 0.6 is 0 Å². The SMILES string of the molecule is Cc1cccn2cc(COc3ccccc3C(=O)N(C)C3CCCCCC3)nc12. The van der Waals surface area contributed by atoms with E-state index in [2.05, 4.69) is 4.98 Å². The highest BCUT2D eigenvalue weighted by Crippen LogP contribution is 2.26. The van der Waals surface area contributed by atoms with Crippen molar-refractivity contribution in [3.63, 3.8) is 0 Å². The summed E-state index contributed by atoms with van der Waals surface area (Å²) in [5.41, 5.74) is 3.53. The number of ether oxygens (including phenoxy) is 1. The van der Waals surface area contributed by atoms with Gasteiger partial charge in [-0.1, -0.05) is 43.9 Å². The number of pyridine rings is 1. The number of hydrogen-bond donors (Lipinski definition) is 0. The standard InChI is InChI=1S/C24H29N3O2/c1-18-10-9-15-27-16-19(25-23(18)27)17-29-22-14-8-7-13-21(22)24(28)26(2)20-11-5-3-4-6-12-20/h7-10,13-16,20H,3-6,11-12,17H2,1-2H3. The molecule has 0 aliphatic heterocycles. The van der Waals surface area contributed by atoms with Crippen molar-refractivity contribution >= 4 is 11.6 Å². The second-order valence-electron chi connectivity index (χ2n) is 8.00. The summed E-state index contributed by atoms with van der Waals surface area (Å²) >= 11 is 0. The molecule has 1 aliphatic carbocycles. The molecule has 1 amide bonds. The van der Waals surface area contributed by atoms with Gasteiger partial charge in [0, 0.05) is 25.5 Å². The van der Waals surface area contributed by atoms with Gasteiger partial charge in [0.2, 0.25) is 0 Å². The lowest BCUT2D eigenvalue weighted by Crippen LogP contribution is -2.36. The van der Waals surface area contributed by atoms with Crippen molar-refractivity contribution < 1.29 is 9.53 Å². The van der Waals surface area contributed by atoms with Gasteiger partial charge in [0.1, 0.15) is 18.0 Å². The fraction of sp³-hybridized carbons (Fsp3) is 0.417. The molecule has 5 nitrogen and oxygen atoms in total. The first-order valence-electron chi connectivity index (χ1n) is 10.6. The van der Waals surface area contributed by atoms with Crippen molar-refractivity contribution in [3.8, 4) is 5.75 Å². The van der Waals surface area contributed by atoms with Gasteiger partial charge in [0.25, 0.3) is 5.91 Å². The van der Waals surface area contributed by atoms with E-state index < -0.39 is 0 Å². The lowest BCUT2D eigenvalue weighted by Gasteiger charge is -2.28. The van der Waals surface area contributed by atoms with E-state index in [1.54, 1.807) is 0 Å². The van der Waals surface area contributed by atoms with E-state index in [1.807, 2.05) is 72.1 Å². The van der Waals surface area contributed by atoms with E-state index >= 15 is 0 Å². The van der Waals surface area contributed by atoms with Crippen LogP contribution in [0.25, 0.3) is 5.65 Å². The number of para-hydroxylation sites is 1. The third-order valence-corrected chi connectivity index (χ3v) is 5.91. The Kier molecular flexibility index (Phi) is 5.84. The highest BCUT2D eigenvalue weighted by Gasteiger charge is 2.24. The zero-order valence-corrected chi connectivity index (χ0v) is 17.3. The lowest BCUT2D eigenvalue weighted by molar-refractivity contribution is 0.0712. The number of aromatic nitrogens is 2. The minimum Gasteiger partial charge on any atom is -0.486 e. The third kappa shape index (κ3) is 4.29. The Labute approximate surface area is 172 Å². The first-order valence-corrected chi connectivity index (χ1v) is 10.6. The molecule has 152 valence electrons. The van der Waals surface area contributed by atoms with E-state index in [4.69, 9.17) is 4.74 Å². The molecule has 0 unspecified atom stereocenters. The van der Waals surface area contributed by atoms with Crippen molar-refractivity contribution in [2.45, 2.75) is 58.1 Å². The van der Waals surface area contributed by atoms with E-state index in [1.165, 1.54) is 25.7 Å². The molecule has 0 spiro atoms. The Morgan fingerprint density at radius 2 is 1.90 bits per heavy atom. The minimum absolute atomic E-state index is 0.0401. The molecule has 1 fully saturated rings. The van der Waals surface area contributed by atoms with Crippen molar-refractivity contribution in [1.29, 1.82) is 0 Å². The zero-order chi connectivity index (χ0) is 20.2. The third-order valence-electron chi connectivity index (χ3n) is 5.91. The van der Waals surface area contributed by atoms with Crippen LogP contribution in [0.15, 0.2) is 48.8 Å². The number of carbonyl (C=O) groups is 1. The summed E-state index contributed by atoms with van der Waals surface area (Å²) in [4.78, 5) is 19.8. The monoisotopic (exact) mass is 391 g/mol. The molecule has 2 heterocycles. The Bertz CT molecular complexity index is 987. The summed E-state index contributed by atoms with van der Waals surface area (Å²) in [7, 11) is 1.93. The normalized spacial score (nSPS) is 15.2. The number of nitrogens with zero attached hydrogens (tertiary/aromatic N) is 3. The van der Waals surface area contributed by atoms with Crippen LogP contribution < -0.4 is 4.74 Å². The second-order valence-corrected chi connectivity index (χ2v) is 8.00. The van der Waals surface area contributed by atoms with Gasteiger partial charge in [0.05, 0.1) is 11.3 Å². The molecule has 3 aromatic rings. The van der Waals surface area contributed by atoms with E-state index in [-0.39, 0.29) is 5.91 Å². The molecule has 5 heteroatoms. The van der Waals surface area contributed by atoms with Crippen LogP contribution in [0.1, 0.15) is 60.1 Å². The zero-order valence-electron chi connectivity index (χ0n) is 17.3. The molecule has 0 N–H and O–H groups in total. The molecular weight excluding hydrogens is 362 g/mol. The minimum atomic E-state index is 0.0401. The summed E-state index contributed by atoms with van der Waals surface area (Å²) in [6, 6.07) is 11.9. The summed E-state index contributed by atoms with van der Waals surface area (Å²) in [5.74, 6) is 0.657. The van der Waals surface area contributed by atoms with Crippen LogP contribution in [0.4, 0.5) is 0 Å². The Balaban J connectivity index is 1.50. The van der Waals surface area contributed by atoms with Crippen LogP contribution in [0.5, 0.6) is 5.75 Å². The lowest BCUT2D eigenvalue weighted by atomic mass is 10.1. The van der Waals surface area contributed by atoms with Crippen LogP contribution in [0.3, 0.4) is 0 Å². The summed E-state index contributed by atoms with van der Waals surface area (Å²) in [5, 5.41) is 0. The molecule has 1 aromatic carbocycles. The van der Waals surface area contributed by atoms with Gasteiger partial charge >= 0.3 is 0 Å². The topological polar surface area (TPSA) is 46.8 Å². The van der Waals surface area contributed by atoms with Gasteiger partial charge in [-0.15, -0.1) is 0 Å². The van der Waals surface area contributed by atoms with Crippen molar-refractivity contribution in [2.24, 2.45) is 0 Å². The molecule has 0 saturated heterocycles. The predicted molar refractivity (Wildman–Crippen MR) is 114 cm³/mol. The highest BCUT2D eigenvalue weighted by atomic mass is 16.5. The predicted octanol–water partition coefficient (Wildman–Crippen LogP) is 5.02. The Morgan fingerprint density at radius 3 is 2.66 bits per heavy atom. The van der Waals surface area contributed by atoms with Gasteiger partial charge < -0.3 is 14.0 Å². The number of imidazole rings is 1.